The molecule has 36 heavy (non-hydrogen) atoms. The van der Waals surface area contributed by atoms with Crippen LogP contribution >= 0.6 is 0 Å². The maximum absolute atomic E-state index is 13.7. The molecule has 0 radical (unpaired) electrons. The van der Waals surface area contributed by atoms with Crippen molar-refractivity contribution in [3.8, 4) is 5.75 Å². The highest BCUT2D eigenvalue weighted by atomic mass is 16.5. The van der Waals surface area contributed by atoms with Crippen LogP contribution in [0.3, 0.4) is 0 Å². The molecule has 7 heteroatoms. The molecule has 2 amide bonds. The molecule has 3 aromatic rings. The van der Waals surface area contributed by atoms with Crippen molar-refractivity contribution in [3.05, 3.63) is 90.5 Å². The number of Topliss-reactive ketones (excluding diaryl/α,β-unsaturated/α-hetero) is 1. The molecule has 0 spiro atoms. The molecule has 0 saturated heterocycles. The molecular formula is C29H30N2O5. The van der Waals surface area contributed by atoms with Crippen LogP contribution in [0.1, 0.15) is 31.7 Å². The van der Waals surface area contributed by atoms with E-state index < -0.39 is 41.0 Å². The largest absolute Gasteiger partial charge is 0.494 e. The van der Waals surface area contributed by atoms with E-state index in [-0.39, 0.29) is 6.42 Å². The van der Waals surface area contributed by atoms with Crippen molar-refractivity contribution < 1.29 is 24.2 Å². The molecule has 186 valence electrons. The number of nitrogens with one attached hydrogen (secondary N) is 2. The molecule has 7 nitrogen and oxygen atoms in total. The molecule has 4 unspecified atom stereocenters. The molecule has 1 aliphatic rings. The van der Waals surface area contributed by atoms with Crippen LogP contribution in [-0.4, -0.2) is 34.9 Å². The monoisotopic (exact) mass is 486 g/mol. The predicted molar refractivity (Wildman–Crippen MR) is 138 cm³/mol. The lowest BCUT2D eigenvalue weighted by Crippen LogP contribution is -2.56. The SMILES string of the molecule is CCOc1ccccc1C1C(C(=O)Nc2ccccc2)C(=O)CC(C)(O)C1C(=O)Nc1ccccc1. The number of amides is 2. The molecule has 3 N–H and O–H groups in total. The average molecular weight is 487 g/mol. The van der Waals surface area contributed by atoms with E-state index in [9.17, 15) is 19.5 Å². The molecular weight excluding hydrogens is 456 g/mol. The minimum Gasteiger partial charge on any atom is -0.494 e. The third-order valence-electron chi connectivity index (χ3n) is 6.49. The maximum Gasteiger partial charge on any atom is 0.235 e. The number of rotatable bonds is 7. The normalized spacial score (nSPS) is 23.5. The zero-order valence-electron chi connectivity index (χ0n) is 20.3. The van der Waals surface area contributed by atoms with Gasteiger partial charge in [0.25, 0.3) is 0 Å². The van der Waals surface area contributed by atoms with Gasteiger partial charge in [0.15, 0.2) is 0 Å². The predicted octanol–water partition coefficient (Wildman–Crippen LogP) is 4.40. The van der Waals surface area contributed by atoms with Gasteiger partial charge in [-0.3, -0.25) is 14.4 Å². The lowest BCUT2D eigenvalue weighted by molar-refractivity contribution is -0.150. The summed E-state index contributed by atoms with van der Waals surface area (Å²) in [4.78, 5) is 40.7. The Bertz CT molecular complexity index is 1230. The average Bonchev–Trinajstić information content (AvgIpc) is 2.84. The Morgan fingerprint density at radius 1 is 0.889 bits per heavy atom. The summed E-state index contributed by atoms with van der Waals surface area (Å²) in [5.41, 5.74) is -0.0788. The Morgan fingerprint density at radius 3 is 2.00 bits per heavy atom. The molecule has 0 heterocycles. The quantitative estimate of drug-likeness (QED) is 0.429. The van der Waals surface area contributed by atoms with Crippen molar-refractivity contribution in [1.82, 2.24) is 0 Å². The topological polar surface area (TPSA) is 105 Å². The van der Waals surface area contributed by atoms with Gasteiger partial charge in [0.1, 0.15) is 17.5 Å². The fourth-order valence-electron chi connectivity index (χ4n) is 4.99. The first kappa shape index (κ1) is 25.1. The van der Waals surface area contributed by atoms with Crippen molar-refractivity contribution in [2.75, 3.05) is 17.2 Å². The van der Waals surface area contributed by atoms with Crippen molar-refractivity contribution in [2.45, 2.75) is 31.8 Å². The van der Waals surface area contributed by atoms with E-state index in [4.69, 9.17) is 4.74 Å². The Morgan fingerprint density at radius 2 is 1.42 bits per heavy atom. The second-order valence-electron chi connectivity index (χ2n) is 9.16. The summed E-state index contributed by atoms with van der Waals surface area (Å²) in [6.07, 6.45) is -0.333. The molecule has 1 saturated carbocycles. The molecule has 4 rings (SSSR count). The summed E-state index contributed by atoms with van der Waals surface area (Å²) in [7, 11) is 0. The first-order chi connectivity index (χ1) is 17.3. The summed E-state index contributed by atoms with van der Waals surface area (Å²) < 4.78 is 5.83. The van der Waals surface area contributed by atoms with Gasteiger partial charge in [-0.05, 0) is 49.7 Å². The van der Waals surface area contributed by atoms with Crippen molar-refractivity contribution in [3.63, 3.8) is 0 Å². The van der Waals surface area contributed by atoms with E-state index in [1.165, 1.54) is 6.92 Å². The van der Waals surface area contributed by atoms with E-state index in [1.807, 2.05) is 19.1 Å². The standard InChI is InChI=1S/C29H30N2O5/c1-3-36-23-17-11-10-16-21(23)24-25(27(33)30-19-12-6-4-7-13-19)22(32)18-29(2,35)26(24)28(34)31-20-14-8-5-9-15-20/h4-17,24-26,35H,3,18H2,1-2H3,(H,30,33)(H,31,34). The smallest absolute Gasteiger partial charge is 0.235 e. The number of para-hydroxylation sites is 3. The Balaban J connectivity index is 1.81. The highest BCUT2D eigenvalue weighted by molar-refractivity contribution is 6.10. The zero-order chi connectivity index (χ0) is 25.7. The highest BCUT2D eigenvalue weighted by Gasteiger charge is 2.56. The van der Waals surface area contributed by atoms with Gasteiger partial charge in [-0.2, -0.15) is 0 Å². The third-order valence-corrected chi connectivity index (χ3v) is 6.49. The van der Waals surface area contributed by atoms with Crippen LogP contribution in [0.2, 0.25) is 0 Å². The first-order valence-corrected chi connectivity index (χ1v) is 12.0. The van der Waals surface area contributed by atoms with Crippen molar-refractivity contribution in [2.24, 2.45) is 11.8 Å². The molecule has 1 fully saturated rings. The van der Waals surface area contributed by atoms with E-state index in [0.717, 1.165) is 0 Å². The fourth-order valence-corrected chi connectivity index (χ4v) is 4.99. The highest BCUT2D eigenvalue weighted by Crippen LogP contribution is 2.48. The number of ether oxygens (including phenoxy) is 1. The van der Waals surface area contributed by atoms with Crippen LogP contribution in [0, 0.1) is 11.8 Å². The summed E-state index contributed by atoms with van der Waals surface area (Å²) in [6.45, 7) is 3.66. The number of aliphatic hydroxyl groups is 1. The van der Waals surface area contributed by atoms with Gasteiger partial charge in [0.05, 0.1) is 18.1 Å². The second kappa shape index (κ2) is 10.7. The van der Waals surface area contributed by atoms with Crippen LogP contribution in [0.15, 0.2) is 84.9 Å². The Kier molecular flexibility index (Phi) is 7.50. The second-order valence-corrected chi connectivity index (χ2v) is 9.16. The van der Waals surface area contributed by atoms with Crippen molar-refractivity contribution in [1.29, 1.82) is 0 Å². The van der Waals surface area contributed by atoms with Crippen LogP contribution in [0.25, 0.3) is 0 Å². The number of benzene rings is 3. The minimum absolute atomic E-state index is 0.333. The lowest BCUT2D eigenvalue weighted by Gasteiger charge is -2.44. The van der Waals surface area contributed by atoms with Crippen LogP contribution < -0.4 is 15.4 Å². The van der Waals surface area contributed by atoms with Gasteiger partial charge < -0.3 is 20.5 Å². The summed E-state index contributed by atoms with van der Waals surface area (Å²) in [6, 6.07) is 24.8. The Labute approximate surface area is 210 Å². The first-order valence-electron chi connectivity index (χ1n) is 12.0. The zero-order valence-corrected chi connectivity index (χ0v) is 20.3. The number of carbonyl (C=O) groups is 3. The molecule has 0 aliphatic heterocycles. The molecule has 0 aromatic heterocycles. The summed E-state index contributed by atoms with van der Waals surface area (Å²) in [5, 5.41) is 17.1. The van der Waals surface area contributed by atoms with Crippen molar-refractivity contribution >= 4 is 29.0 Å². The van der Waals surface area contributed by atoms with Crippen LogP contribution in [0.4, 0.5) is 11.4 Å². The Hall–Kier alpha value is -3.97. The molecule has 0 bridgehead atoms. The number of hydrogen-bond acceptors (Lipinski definition) is 5. The fraction of sp³-hybridized carbons (Fsp3) is 0.276. The molecule has 3 aromatic carbocycles. The van der Waals surface area contributed by atoms with E-state index >= 15 is 0 Å². The summed E-state index contributed by atoms with van der Waals surface area (Å²) in [5.74, 6) is -4.26. The molecule has 4 atom stereocenters. The van der Waals surface area contributed by atoms with E-state index in [2.05, 4.69) is 10.6 Å². The van der Waals surface area contributed by atoms with E-state index in [1.54, 1.807) is 72.8 Å². The van der Waals surface area contributed by atoms with Crippen LogP contribution in [-0.2, 0) is 14.4 Å². The number of carbonyl (C=O) groups excluding carboxylic acids is 3. The van der Waals surface area contributed by atoms with Gasteiger partial charge in [0.2, 0.25) is 11.8 Å². The van der Waals surface area contributed by atoms with Gasteiger partial charge >= 0.3 is 0 Å². The van der Waals surface area contributed by atoms with Gasteiger partial charge in [-0.25, -0.2) is 0 Å². The van der Waals surface area contributed by atoms with Crippen LogP contribution in [0.5, 0.6) is 5.75 Å². The third kappa shape index (κ3) is 5.31. The van der Waals surface area contributed by atoms with Gasteiger partial charge in [-0.1, -0.05) is 54.6 Å². The number of hydrogen-bond donors (Lipinski definition) is 3. The minimum atomic E-state index is -1.69. The maximum atomic E-state index is 13.7. The molecule has 1 aliphatic carbocycles. The summed E-state index contributed by atoms with van der Waals surface area (Å²) >= 11 is 0. The van der Waals surface area contributed by atoms with Gasteiger partial charge in [-0.15, -0.1) is 0 Å². The van der Waals surface area contributed by atoms with E-state index in [0.29, 0.717) is 29.3 Å². The number of ketones is 1. The van der Waals surface area contributed by atoms with Gasteiger partial charge in [0, 0.05) is 23.7 Å². The lowest BCUT2D eigenvalue weighted by atomic mass is 9.61. The number of anilines is 2.